The molecule has 2 N–H and O–H groups in total. The number of nitrogens with one attached hydrogen (secondary N) is 1. The molecule has 104 valence electrons. The SMILES string of the molecule is Cc1n[nH]c(=O)c(C(=O)N(CC(=O)O)C(C)C)c1C. The molecule has 0 saturated heterocycles. The maximum absolute atomic E-state index is 12.3. The van der Waals surface area contributed by atoms with E-state index in [1.807, 2.05) is 0 Å². The van der Waals surface area contributed by atoms with Crippen LogP contribution in [0.3, 0.4) is 0 Å². The van der Waals surface area contributed by atoms with Gasteiger partial charge in [-0.3, -0.25) is 14.4 Å². The lowest BCUT2D eigenvalue weighted by Gasteiger charge is -2.25. The minimum atomic E-state index is -1.12. The van der Waals surface area contributed by atoms with Crippen LogP contribution in [-0.4, -0.2) is 44.7 Å². The predicted molar refractivity (Wildman–Crippen MR) is 68.1 cm³/mol. The van der Waals surface area contributed by atoms with Crippen molar-refractivity contribution in [3.63, 3.8) is 0 Å². The number of carboxylic acid groups (broad SMARTS) is 1. The van der Waals surface area contributed by atoms with Crippen LogP contribution >= 0.6 is 0 Å². The zero-order valence-electron chi connectivity index (χ0n) is 11.4. The molecule has 0 aliphatic rings. The summed E-state index contributed by atoms with van der Waals surface area (Å²) in [6.45, 7) is 6.22. The number of carbonyl (C=O) groups excluding carboxylic acids is 1. The highest BCUT2D eigenvalue weighted by Gasteiger charge is 2.25. The van der Waals surface area contributed by atoms with Crippen LogP contribution in [0.1, 0.15) is 35.5 Å². The van der Waals surface area contributed by atoms with Crippen LogP contribution in [0.4, 0.5) is 0 Å². The van der Waals surface area contributed by atoms with E-state index in [0.717, 1.165) is 4.90 Å². The Labute approximate surface area is 110 Å². The Morgan fingerprint density at radius 3 is 2.42 bits per heavy atom. The van der Waals surface area contributed by atoms with E-state index in [-0.39, 0.29) is 11.6 Å². The third-order valence-electron chi connectivity index (χ3n) is 2.87. The van der Waals surface area contributed by atoms with Crippen molar-refractivity contribution in [3.05, 3.63) is 27.2 Å². The third-order valence-corrected chi connectivity index (χ3v) is 2.87. The van der Waals surface area contributed by atoms with Gasteiger partial charge in [-0.25, -0.2) is 5.10 Å². The van der Waals surface area contributed by atoms with Gasteiger partial charge in [0.25, 0.3) is 11.5 Å². The van der Waals surface area contributed by atoms with Crippen LogP contribution in [0.5, 0.6) is 0 Å². The second-order valence-electron chi connectivity index (χ2n) is 4.56. The fourth-order valence-electron chi connectivity index (χ4n) is 1.66. The molecule has 1 heterocycles. The standard InChI is InChI=1S/C12H17N3O4/c1-6(2)15(5-9(16)17)12(19)10-7(3)8(4)13-14-11(10)18/h6H,5H2,1-4H3,(H,14,18)(H,16,17). The number of hydrogen-bond donors (Lipinski definition) is 2. The molecule has 0 atom stereocenters. The predicted octanol–water partition coefficient (Wildman–Crippen LogP) is 0.322. The molecule has 1 amide bonds. The molecular weight excluding hydrogens is 250 g/mol. The zero-order valence-corrected chi connectivity index (χ0v) is 11.4. The fraction of sp³-hybridized carbons (Fsp3) is 0.500. The van der Waals surface area contributed by atoms with Crippen LogP contribution in [0.25, 0.3) is 0 Å². The maximum Gasteiger partial charge on any atom is 0.323 e. The van der Waals surface area contributed by atoms with Crippen molar-refractivity contribution in [2.24, 2.45) is 0 Å². The van der Waals surface area contributed by atoms with Crippen molar-refractivity contribution >= 4 is 11.9 Å². The van der Waals surface area contributed by atoms with Crippen LogP contribution in [0, 0.1) is 13.8 Å². The Morgan fingerprint density at radius 2 is 1.95 bits per heavy atom. The summed E-state index contributed by atoms with van der Waals surface area (Å²) in [5.41, 5.74) is 0.332. The van der Waals surface area contributed by atoms with Crippen molar-refractivity contribution in [2.45, 2.75) is 33.7 Å². The number of aromatic amines is 1. The zero-order chi connectivity index (χ0) is 14.7. The molecule has 0 unspecified atom stereocenters. The number of nitrogens with zero attached hydrogens (tertiary/aromatic N) is 2. The van der Waals surface area contributed by atoms with Gasteiger partial charge in [0, 0.05) is 6.04 Å². The molecule has 0 aromatic carbocycles. The van der Waals surface area contributed by atoms with Crippen LogP contribution in [0.2, 0.25) is 0 Å². The first-order valence-electron chi connectivity index (χ1n) is 5.84. The van der Waals surface area contributed by atoms with Gasteiger partial charge in [-0.2, -0.15) is 5.10 Å². The Morgan fingerprint density at radius 1 is 1.37 bits per heavy atom. The highest BCUT2D eigenvalue weighted by molar-refractivity contribution is 5.97. The van der Waals surface area contributed by atoms with Crippen LogP contribution < -0.4 is 5.56 Å². The van der Waals surface area contributed by atoms with E-state index in [9.17, 15) is 14.4 Å². The highest BCUT2D eigenvalue weighted by atomic mass is 16.4. The van der Waals surface area contributed by atoms with E-state index in [4.69, 9.17) is 5.11 Å². The number of carboxylic acids is 1. The summed E-state index contributed by atoms with van der Waals surface area (Å²) in [5.74, 6) is -1.72. The minimum absolute atomic E-state index is 0.0533. The van der Waals surface area contributed by atoms with E-state index >= 15 is 0 Å². The first-order valence-corrected chi connectivity index (χ1v) is 5.84. The summed E-state index contributed by atoms with van der Waals surface area (Å²) in [5, 5.41) is 14.8. The summed E-state index contributed by atoms with van der Waals surface area (Å²) < 4.78 is 0. The van der Waals surface area contributed by atoms with Gasteiger partial charge in [-0.1, -0.05) is 0 Å². The Bertz CT molecular complexity index is 563. The number of amides is 1. The number of carbonyl (C=O) groups is 2. The number of hydrogen-bond acceptors (Lipinski definition) is 4. The molecule has 1 aromatic heterocycles. The lowest BCUT2D eigenvalue weighted by Crippen LogP contribution is -2.43. The van der Waals surface area contributed by atoms with Gasteiger partial charge in [-0.15, -0.1) is 0 Å². The Hall–Kier alpha value is -2.18. The van der Waals surface area contributed by atoms with Gasteiger partial charge in [-0.05, 0) is 33.3 Å². The summed E-state index contributed by atoms with van der Waals surface area (Å²) >= 11 is 0. The average molecular weight is 267 g/mol. The lowest BCUT2D eigenvalue weighted by molar-refractivity contribution is -0.138. The molecule has 7 heteroatoms. The first kappa shape index (κ1) is 14.9. The monoisotopic (exact) mass is 267 g/mol. The first-order chi connectivity index (χ1) is 8.75. The van der Waals surface area contributed by atoms with Gasteiger partial charge in [0.1, 0.15) is 12.1 Å². The molecule has 7 nitrogen and oxygen atoms in total. The van der Waals surface area contributed by atoms with E-state index < -0.39 is 24.0 Å². The smallest absolute Gasteiger partial charge is 0.323 e. The van der Waals surface area contributed by atoms with E-state index in [2.05, 4.69) is 10.2 Å². The molecular formula is C12H17N3O4. The molecule has 1 rings (SSSR count). The number of H-pyrrole nitrogens is 1. The van der Waals surface area contributed by atoms with Gasteiger partial charge in [0.05, 0.1) is 5.69 Å². The Balaban J connectivity index is 3.28. The van der Waals surface area contributed by atoms with Crippen molar-refractivity contribution in [1.29, 1.82) is 0 Å². The van der Waals surface area contributed by atoms with Gasteiger partial charge in [0.15, 0.2) is 0 Å². The lowest BCUT2D eigenvalue weighted by atomic mass is 10.1. The molecule has 0 aliphatic carbocycles. The van der Waals surface area contributed by atoms with E-state index in [1.165, 1.54) is 0 Å². The molecule has 0 spiro atoms. The molecule has 0 radical (unpaired) electrons. The normalized spacial score (nSPS) is 10.6. The van der Waals surface area contributed by atoms with Gasteiger partial charge < -0.3 is 10.0 Å². The quantitative estimate of drug-likeness (QED) is 0.817. The van der Waals surface area contributed by atoms with Crippen LogP contribution in [-0.2, 0) is 4.79 Å². The number of aromatic nitrogens is 2. The molecule has 0 fully saturated rings. The van der Waals surface area contributed by atoms with E-state index in [0.29, 0.717) is 11.3 Å². The van der Waals surface area contributed by atoms with Crippen molar-refractivity contribution in [3.8, 4) is 0 Å². The average Bonchev–Trinajstić information content (AvgIpc) is 2.30. The summed E-state index contributed by atoms with van der Waals surface area (Å²) in [7, 11) is 0. The summed E-state index contributed by atoms with van der Waals surface area (Å²) in [6, 6.07) is -0.323. The molecule has 19 heavy (non-hydrogen) atoms. The fourth-order valence-corrected chi connectivity index (χ4v) is 1.66. The summed E-state index contributed by atoms with van der Waals surface area (Å²) in [6.07, 6.45) is 0. The molecule has 1 aromatic rings. The molecule has 0 saturated carbocycles. The second-order valence-corrected chi connectivity index (χ2v) is 4.56. The van der Waals surface area contributed by atoms with E-state index in [1.54, 1.807) is 27.7 Å². The number of rotatable bonds is 4. The molecule has 0 aliphatic heterocycles. The largest absolute Gasteiger partial charge is 0.480 e. The van der Waals surface area contributed by atoms with Gasteiger partial charge in [0.2, 0.25) is 0 Å². The minimum Gasteiger partial charge on any atom is -0.480 e. The van der Waals surface area contributed by atoms with Crippen LogP contribution in [0.15, 0.2) is 4.79 Å². The summed E-state index contributed by atoms with van der Waals surface area (Å²) in [4.78, 5) is 36.0. The van der Waals surface area contributed by atoms with Crippen molar-refractivity contribution in [2.75, 3.05) is 6.54 Å². The maximum atomic E-state index is 12.3. The Kier molecular flexibility index (Phi) is 4.42. The van der Waals surface area contributed by atoms with Gasteiger partial charge >= 0.3 is 5.97 Å². The third kappa shape index (κ3) is 3.18. The second kappa shape index (κ2) is 5.64. The van der Waals surface area contributed by atoms with Crippen molar-refractivity contribution in [1.82, 2.24) is 15.1 Å². The topological polar surface area (TPSA) is 103 Å². The highest BCUT2D eigenvalue weighted by Crippen LogP contribution is 2.10. The molecule has 0 bridgehead atoms. The number of aryl methyl sites for hydroxylation is 1. The van der Waals surface area contributed by atoms with Crippen molar-refractivity contribution < 1.29 is 14.7 Å². The number of aliphatic carboxylic acids is 1.